The number of aliphatic hydroxyl groups excluding tert-OH is 1. The molecular weight excluding hydrogens is 323 g/mol. The highest BCUT2D eigenvalue weighted by Crippen LogP contribution is 2.32. The van der Waals surface area contributed by atoms with E-state index in [-0.39, 0.29) is 11.3 Å². The van der Waals surface area contributed by atoms with Crippen LogP contribution in [0.3, 0.4) is 0 Å². The highest BCUT2D eigenvalue weighted by molar-refractivity contribution is 9.08. The zero-order chi connectivity index (χ0) is 13.9. The fourth-order valence-electron chi connectivity index (χ4n) is 1.65. The summed E-state index contributed by atoms with van der Waals surface area (Å²) >= 11 is 9.17. The predicted molar refractivity (Wildman–Crippen MR) is 70.9 cm³/mol. The third kappa shape index (κ3) is 3.10. The fourth-order valence-corrected chi connectivity index (χ4v) is 2.33. The number of Topliss-reactive ketones (excluding diaryl/α,β-unsaturated/α-hetero) is 1. The van der Waals surface area contributed by atoms with Gasteiger partial charge in [0.25, 0.3) is 0 Å². The minimum absolute atomic E-state index is 0.178. The highest BCUT2D eigenvalue weighted by atomic mass is 79.9. The van der Waals surface area contributed by atoms with Gasteiger partial charge in [0.1, 0.15) is 5.38 Å². The summed E-state index contributed by atoms with van der Waals surface area (Å²) < 4.78 is 0. The number of aliphatic hydroxyl groups is 1. The minimum atomic E-state index is -1.70. The lowest BCUT2D eigenvalue weighted by atomic mass is 9.94. The Labute approximate surface area is 118 Å². The van der Waals surface area contributed by atoms with Crippen LogP contribution < -0.4 is 0 Å². The largest absolute Gasteiger partial charge is 0.479 e. The Morgan fingerprint density at radius 3 is 2.50 bits per heavy atom. The Kier molecular flexibility index (Phi) is 5.31. The molecule has 98 valence electrons. The lowest BCUT2D eigenvalue weighted by Gasteiger charge is -2.18. The highest BCUT2D eigenvalue weighted by Gasteiger charge is 2.27. The van der Waals surface area contributed by atoms with Crippen molar-refractivity contribution in [1.29, 1.82) is 0 Å². The first kappa shape index (κ1) is 15.1. The summed E-state index contributed by atoms with van der Waals surface area (Å²) in [5.41, 5.74) is 1.10. The normalized spacial score (nSPS) is 14.0. The first-order valence-corrected chi connectivity index (χ1v) is 6.69. The van der Waals surface area contributed by atoms with Crippen LogP contribution in [0, 0.1) is 0 Å². The van der Waals surface area contributed by atoms with Crippen LogP contribution in [0.25, 0.3) is 0 Å². The van der Waals surface area contributed by atoms with Crippen LogP contribution in [-0.2, 0) is 14.9 Å². The van der Waals surface area contributed by atoms with E-state index < -0.39 is 17.5 Å². The number of halogens is 2. The number of carbonyl (C=O) groups excluding carboxylic acids is 1. The summed E-state index contributed by atoms with van der Waals surface area (Å²) in [7, 11) is 0. The molecule has 2 unspecified atom stereocenters. The Morgan fingerprint density at radius 1 is 1.44 bits per heavy atom. The minimum Gasteiger partial charge on any atom is -0.479 e. The summed E-state index contributed by atoms with van der Waals surface area (Å²) in [6, 6.07) is 4.89. The smallest absolute Gasteiger partial charge is 0.337 e. The number of carboxylic acid groups (broad SMARTS) is 1. The molecule has 6 heteroatoms. The number of carbonyl (C=O) groups is 2. The Balaban J connectivity index is 3.42. The van der Waals surface area contributed by atoms with Crippen molar-refractivity contribution in [2.24, 2.45) is 0 Å². The van der Waals surface area contributed by atoms with Crippen LogP contribution in [-0.4, -0.2) is 22.0 Å². The number of carboxylic acids is 1. The van der Waals surface area contributed by atoms with E-state index in [9.17, 15) is 14.7 Å². The van der Waals surface area contributed by atoms with Crippen molar-refractivity contribution in [2.75, 3.05) is 0 Å². The van der Waals surface area contributed by atoms with Gasteiger partial charge >= 0.3 is 5.97 Å². The average Bonchev–Trinajstić information content (AvgIpc) is 2.35. The number of aliphatic carboxylic acids is 1. The Morgan fingerprint density at radius 2 is 2.06 bits per heavy atom. The average molecular weight is 336 g/mol. The van der Waals surface area contributed by atoms with Crippen LogP contribution in [0.2, 0.25) is 0 Å². The fraction of sp³-hybridized carbons (Fsp3) is 0.333. The number of rotatable bonds is 5. The van der Waals surface area contributed by atoms with E-state index in [1.54, 1.807) is 18.2 Å². The number of benzene rings is 1. The van der Waals surface area contributed by atoms with Gasteiger partial charge in [0.2, 0.25) is 0 Å². The van der Waals surface area contributed by atoms with Gasteiger partial charge in [-0.05, 0) is 18.1 Å². The van der Waals surface area contributed by atoms with Crippen molar-refractivity contribution in [1.82, 2.24) is 0 Å². The van der Waals surface area contributed by atoms with Gasteiger partial charge in [-0.3, -0.25) is 4.79 Å². The van der Waals surface area contributed by atoms with Gasteiger partial charge in [0.05, 0.1) is 0 Å². The van der Waals surface area contributed by atoms with Gasteiger partial charge in [-0.15, -0.1) is 11.6 Å². The Hall–Kier alpha value is -0.910. The number of ketones is 1. The molecule has 0 saturated heterocycles. The van der Waals surface area contributed by atoms with E-state index in [0.29, 0.717) is 16.5 Å². The van der Waals surface area contributed by atoms with Crippen LogP contribution in [0.5, 0.6) is 0 Å². The maximum absolute atomic E-state index is 11.3. The topological polar surface area (TPSA) is 74.6 Å². The molecule has 0 aliphatic rings. The SMILES string of the molecule is CC(=O)C(Cl)c1cccc(CBr)c1C(O)C(=O)O. The predicted octanol–water partition coefficient (Wildman–Crippen LogP) is 2.57. The molecule has 1 rings (SSSR count). The standard InChI is InChI=1S/C12H12BrClO4/c1-6(15)10(14)8-4-2-3-7(5-13)9(8)11(16)12(17)18/h2-4,10-11,16H,5H2,1H3,(H,17,18). The molecule has 0 aliphatic heterocycles. The third-order valence-electron chi connectivity index (χ3n) is 2.51. The molecule has 0 fully saturated rings. The van der Waals surface area contributed by atoms with Gasteiger partial charge in [-0.25, -0.2) is 4.79 Å². The summed E-state index contributed by atoms with van der Waals surface area (Å²) in [6.45, 7) is 1.31. The van der Waals surface area contributed by atoms with Crippen LogP contribution >= 0.6 is 27.5 Å². The second kappa shape index (κ2) is 6.31. The molecular formula is C12H12BrClO4. The molecule has 2 N–H and O–H groups in total. The molecule has 0 heterocycles. The molecule has 1 aromatic rings. The first-order valence-electron chi connectivity index (χ1n) is 5.13. The van der Waals surface area contributed by atoms with Crippen molar-refractivity contribution < 1.29 is 19.8 Å². The van der Waals surface area contributed by atoms with Crippen molar-refractivity contribution >= 4 is 39.3 Å². The number of hydrogen-bond acceptors (Lipinski definition) is 3. The van der Waals surface area contributed by atoms with E-state index in [1.807, 2.05) is 0 Å². The second-order valence-electron chi connectivity index (χ2n) is 3.77. The van der Waals surface area contributed by atoms with Gasteiger partial charge in [0, 0.05) is 10.9 Å². The molecule has 0 amide bonds. The maximum atomic E-state index is 11.3. The molecule has 4 nitrogen and oxygen atoms in total. The van der Waals surface area contributed by atoms with Crippen LogP contribution in [0.1, 0.15) is 35.1 Å². The van der Waals surface area contributed by atoms with Gasteiger partial charge < -0.3 is 10.2 Å². The van der Waals surface area contributed by atoms with Crippen molar-refractivity contribution in [3.63, 3.8) is 0 Å². The van der Waals surface area contributed by atoms with Crippen molar-refractivity contribution in [3.05, 3.63) is 34.9 Å². The summed E-state index contributed by atoms with van der Waals surface area (Å²) in [6.07, 6.45) is -1.70. The van der Waals surface area contributed by atoms with Crippen molar-refractivity contribution in [2.45, 2.75) is 23.7 Å². The molecule has 0 radical (unpaired) electrons. The summed E-state index contributed by atoms with van der Waals surface area (Å²) in [4.78, 5) is 22.2. The molecule has 0 aliphatic carbocycles. The zero-order valence-electron chi connectivity index (χ0n) is 9.56. The molecule has 0 aromatic heterocycles. The van der Waals surface area contributed by atoms with E-state index in [1.165, 1.54) is 6.92 Å². The van der Waals surface area contributed by atoms with Gasteiger partial charge in [-0.1, -0.05) is 34.1 Å². The van der Waals surface area contributed by atoms with E-state index in [4.69, 9.17) is 16.7 Å². The zero-order valence-corrected chi connectivity index (χ0v) is 11.9. The second-order valence-corrected chi connectivity index (χ2v) is 4.76. The monoisotopic (exact) mass is 334 g/mol. The summed E-state index contributed by atoms with van der Waals surface area (Å²) in [5.74, 6) is -1.68. The molecule has 18 heavy (non-hydrogen) atoms. The Bertz CT molecular complexity index is 475. The van der Waals surface area contributed by atoms with E-state index in [0.717, 1.165) is 0 Å². The molecule has 0 saturated carbocycles. The summed E-state index contributed by atoms with van der Waals surface area (Å²) in [5, 5.41) is 18.0. The van der Waals surface area contributed by atoms with Crippen LogP contribution in [0.4, 0.5) is 0 Å². The molecule has 0 bridgehead atoms. The van der Waals surface area contributed by atoms with Crippen LogP contribution in [0.15, 0.2) is 18.2 Å². The maximum Gasteiger partial charge on any atom is 0.337 e. The number of alkyl halides is 2. The molecule has 1 aromatic carbocycles. The lowest BCUT2D eigenvalue weighted by Crippen LogP contribution is -2.17. The quantitative estimate of drug-likeness (QED) is 0.811. The lowest BCUT2D eigenvalue weighted by molar-refractivity contribution is -0.147. The van der Waals surface area contributed by atoms with E-state index >= 15 is 0 Å². The first-order chi connectivity index (χ1) is 8.40. The van der Waals surface area contributed by atoms with E-state index in [2.05, 4.69) is 15.9 Å². The van der Waals surface area contributed by atoms with Crippen molar-refractivity contribution in [3.8, 4) is 0 Å². The molecule has 0 spiro atoms. The van der Waals surface area contributed by atoms with Gasteiger partial charge in [-0.2, -0.15) is 0 Å². The third-order valence-corrected chi connectivity index (χ3v) is 3.66. The number of hydrogen-bond donors (Lipinski definition) is 2. The van der Waals surface area contributed by atoms with Gasteiger partial charge in [0.15, 0.2) is 11.9 Å². The molecule has 2 atom stereocenters.